The van der Waals surface area contributed by atoms with Crippen molar-refractivity contribution in [3.63, 3.8) is 0 Å². The number of amides is 1. The Hall–Kier alpha value is -4.30. The fourth-order valence-electron chi connectivity index (χ4n) is 3.80. The molecule has 1 aliphatic heterocycles. The van der Waals surface area contributed by atoms with E-state index < -0.39 is 5.97 Å². The van der Waals surface area contributed by atoms with Gasteiger partial charge in [-0.05, 0) is 30.3 Å². The lowest BCUT2D eigenvalue weighted by atomic mass is 10.0. The van der Waals surface area contributed by atoms with Crippen LogP contribution in [0.15, 0.2) is 71.5 Å². The van der Waals surface area contributed by atoms with Crippen molar-refractivity contribution in [2.45, 2.75) is 6.92 Å². The first kappa shape index (κ1) is 20.6. The largest absolute Gasteiger partial charge is 0.478 e. The van der Waals surface area contributed by atoms with Crippen LogP contribution in [0.2, 0.25) is 0 Å². The number of carbonyl (C=O) groups is 2. The van der Waals surface area contributed by atoms with E-state index in [1.165, 1.54) is 30.4 Å². The normalized spacial score (nSPS) is 11.1. The molecule has 0 fully saturated rings. The molecule has 0 saturated heterocycles. The predicted octanol–water partition coefficient (Wildman–Crippen LogP) is 5.31. The summed E-state index contributed by atoms with van der Waals surface area (Å²) in [7, 11) is 0. The molecule has 8 heteroatoms. The summed E-state index contributed by atoms with van der Waals surface area (Å²) >= 11 is 1.44. The first-order valence-corrected chi connectivity index (χ1v) is 10.9. The minimum absolute atomic E-state index is 0.0199. The highest BCUT2D eigenvalue weighted by molar-refractivity contribution is 7.22. The van der Waals surface area contributed by atoms with Gasteiger partial charge in [0.1, 0.15) is 5.69 Å². The summed E-state index contributed by atoms with van der Waals surface area (Å²) in [6.45, 7) is 1.34. The number of carboxylic acids is 1. The average Bonchev–Trinajstić information content (AvgIpc) is 2.80. The SMILES string of the molecule is CC(=O)Nc1cc(Nc2c3sc4ccccc4nc-3c3ccccc3c2=O)cc(C(=O)O)c1. The highest BCUT2D eigenvalue weighted by Crippen LogP contribution is 2.40. The Bertz CT molecular complexity index is 1610. The molecular formula is C25H17N3O4S. The molecule has 162 valence electrons. The monoisotopic (exact) mass is 455 g/mol. The Morgan fingerprint density at radius 2 is 1.64 bits per heavy atom. The van der Waals surface area contributed by atoms with Crippen LogP contribution >= 0.6 is 11.3 Å². The van der Waals surface area contributed by atoms with Gasteiger partial charge in [0.25, 0.3) is 0 Å². The van der Waals surface area contributed by atoms with Crippen LogP contribution in [-0.2, 0) is 4.79 Å². The third-order valence-electron chi connectivity index (χ3n) is 5.18. The van der Waals surface area contributed by atoms with Crippen molar-refractivity contribution in [1.82, 2.24) is 4.98 Å². The van der Waals surface area contributed by atoms with Crippen molar-refractivity contribution < 1.29 is 14.7 Å². The number of carboxylic acid groups (broad SMARTS) is 1. The molecule has 1 heterocycles. The van der Waals surface area contributed by atoms with Crippen LogP contribution < -0.4 is 16.1 Å². The van der Waals surface area contributed by atoms with E-state index in [-0.39, 0.29) is 16.9 Å². The van der Waals surface area contributed by atoms with Gasteiger partial charge in [-0.15, -0.1) is 11.3 Å². The number of fused-ring (bicyclic) bond motifs is 4. The highest BCUT2D eigenvalue weighted by atomic mass is 32.1. The first-order chi connectivity index (χ1) is 15.9. The van der Waals surface area contributed by atoms with Crippen LogP contribution in [0.25, 0.3) is 31.6 Å². The lowest BCUT2D eigenvalue weighted by molar-refractivity contribution is -0.114. The van der Waals surface area contributed by atoms with E-state index in [1.807, 2.05) is 36.4 Å². The van der Waals surface area contributed by atoms with E-state index in [9.17, 15) is 19.5 Å². The number of aromatic nitrogens is 1. The van der Waals surface area contributed by atoms with E-state index >= 15 is 0 Å². The lowest BCUT2D eigenvalue weighted by Gasteiger charge is -2.17. The second kappa shape index (κ2) is 7.99. The van der Waals surface area contributed by atoms with E-state index in [4.69, 9.17) is 4.98 Å². The summed E-state index contributed by atoms with van der Waals surface area (Å²) in [5.41, 5.74) is 2.27. The third-order valence-corrected chi connectivity index (χ3v) is 6.34. The molecular weight excluding hydrogens is 438 g/mol. The number of nitrogens with zero attached hydrogens (tertiary/aromatic N) is 1. The second-order valence-electron chi connectivity index (χ2n) is 7.52. The first-order valence-electron chi connectivity index (χ1n) is 10.1. The molecule has 0 saturated carbocycles. The molecule has 0 atom stereocenters. The number of para-hydroxylation sites is 1. The molecule has 5 rings (SSSR count). The van der Waals surface area contributed by atoms with Crippen LogP contribution in [-0.4, -0.2) is 22.0 Å². The molecule has 1 amide bonds. The Balaban J connectivity index is 1.77. The van der Waals surface area contributed by atoms with Crippen LogP contribution in [0.5, 0.6) is 0 Å². The number of nitrogens with one attached hydrogen (secondary N) is 2. The average molecular weight is 455 g/mol. The van der Waals surface area contributed by atoms with E-state index in [0.29, 0.717) is 33.0 Å². The molecule has 7 nitrogen and oxygen atoms in total. The van der Waals surface area contributed by atoms with Crippen LogP contribution in [0.3, 0.4) is 0 Å². The van der Waals surface area contributed by atoms with Gasteiger partial charge in [-0.2, -0.15) is 0 Å². The maximum Gasteiger partial charge on any atom is 0.335 e. The number of anilines is 3. The highest BCUT2D eigenvalue weighted by Gasteiger charge is 2.21. The van der Waals surface area contributed by atoms with E-state index in [0.717, 1.165) is 15.6 Å². The summed E-state index contributed by atoms with van der Waals surface area (Å²) in [6, 6.07) is 19.4. The second-order valence-corrected chi connectivity index (χ2v) is 8.57. The standard InChI is InChI=1S/C25H17N3O4S/c1-13(29)26-15-10-14(25(31)32)11-16(12-15)27-22-23(30)18-7-3-2-6-17(18)21-24(22)33-20-9-5-4-8-19(20)28-21/h2-12,27H,1H3,(H,26,29)(H,31,32). The molecule has 2 aliphatic rings. The quantitative estimate of drug-likeness (QED) is 0.250. The molecule has 3 aromatic rings. The molecule has 3 aromatic carbocycles. The topological polar surface area (TPSA) is 108 Å². The van der Waals surface area contributed by atoms with Crippen molar-refractivity contribution in [3.8, 4) is 10.6 Å². The Morgan fingerprint density at radius 1 is 0.939 bits per heavy atom. The van der Waals surface area contributed by atoms with Gasteiger partial charge in [0.05, 0.1) is 26.4 Å². The Morgan fingerprint density at radius 3 is 2.39 bits per heavy atom. The van der Waals surface area contributed by atoms with Gasteiger partial charge in [-0.25, -0.2) is 9.78 Å². The zero-order valence-corrected chi connectivity index (χ0v) is 18.2. The number of hydrogen-bond acceptors (Lipinski definition) is 6. The van der Waals surface area contributed by atoms with Gasteiger partial charge in [0, 0.05) is 29.1 Å². The number of hydrogen-bond donors (Lipinski definition) is 3. The van der Waals surface area contributed by atoms with Crippen LogP contribution in [0.1, 0.15) is 17.3 Å². The lowest BCUT2D eigenvalue weighted by Crippen LogP contribution is -2.13. The van der Waals surface area contributed by atoms with Gasteiger partial charge in [-0.1, -0.05) is 36.4 Å². The summed E-state index contributed by atoms with van der Waals surface area (Å²) in [5, 5.41) is 16.5. The molecule has 0 spiro atoms. The molecule has 0 radical (unpaired) electrons. The van der Waals surface area contributed by atoms with Gasteiger partial charge in [0.15, 0.2) is 0 Å². The summed E-state index contributed by atoms with van der Waals surface area (Å²) in [6.07, 6.45) is 0. The molecule has 0 unspecified atom stereocenters. The van der Waals surface area contributed by atoms with E-state index in [1.54, 1.807) is 18.2 Å². The summed E-state index contributed by atoms with van der Waals surface area (Å²) < 4.78 is 0.918. The number of benzene rings is 4. The van der Waals surface area contributed by atoms with Crippen molar-refractivity contribution in [1.29, 1.82) is 0 Å². The van der Waals surface area contributed by atoms with Crippen molar-refractivity contribution in [3.05, 3.63) is 82.5 Å². The minimum Gasteiger partial charge on any atom is -0.478 e. The molecule has 0 bridgehead atoms. The van der Waals surface area contributed by atoms with Gasteiger partial charge in [0.2, 0.25) is 11.3 Å². The van der Waals surface area contributed by atoms with Crippen LogP contribution in [0, 0.1) is 0 Å². The van der Waals surface area contributed by atoms with Gasteiger partial charge in [-0.3, -0.25) is 9.59 Å². The Kier molecular flexibility index (Phi) is 4.99. The van der Waals surface area contributed by atoms with Crippen LogP contribution in [0.4, 0.5) is 17.1 Å². The van der Waals surface area contributed by atoms with Crippen molar-refractivity contribution >= 4 is 61.3 Å². The van der Waals surface area contributed by atoms with Crippen molar-refractivity contribution in [2.24, 2.45) is 0 Å². The smallest absolute Gasteiger partial charge is 0.335 e. The number of carbonyl (C=O) groups excluding carboxylic acids is 1. The van der Waals surface area contributed by atoms with Crippen molar-refractivity contribution in [2.75, 3.05) is 10.6 Å². The zero-order chi connectivity index (χ0) is 23.1. The Labute approximate surface area is 191 Å². The minimum atomic E-state index is -1.15. The third kappa shape index (κ3) is 3.77. The summed E-state index contributed by atoms with van der Waals surface area (Å²) in [4.78, 5) is 42.2. The molecule has 1 aliphatic carbocycles. The molecule has 3 N–H and O–H groups in total. The number of aromatic carboxylic acids is 1. The maximum atomic E-state index is 13.5. The number of rotatable bonds is 4. The van der Waals surface area contributed by atoms with Gasteiger partial charge < -0.3 is 15.7 Å². The molecule has 33 heavy (non-hydrogen) atoms. The fraction of sp³-hybridized carbons (Fsp3) is 0.0400. The van der Waals surface area contributed by atoms with Gasteiger partial charge >= 0.3 is 5.97 Å². The van der Waals surface area contributed by atoms with E-state index in [2.05, 4.69) is 10.6 Å². The predicted molar refractivity (Wildman–Crippen MR) is 131 cm³/mol. The molecule has 0 aromatic heterocycles. The maximum absolute atomic E-state index is 13.5. The summed E-state index contributed by atoms with van der Waals surface area (Å²) in [5.74, 6) is -1.48. The zero-order valence-electron chi connectivity index (χ0n) is 17.4. The fourth-order valence-corrected chi connectivity index (χ4v) is 4.88.